The Morgan fingerprint density at radius 1 is 1.11 bits per heavy atom. The molecule has 0 aliphatic heterocycles. The van der Waals surface area contributed by atoms with Crippen LogP contribution in [0.3, 0.4) is 0 Å². The van der Waals surface area contributed by atoms with Crippen molar-refractivity contribution in [2.24, 2.45) is 5.92 Å². The number of hydrogen-bond donors (Lipinski definition) is 1. The van der Waals surface area contributed by atoms with Crippen LogP contribution in [0.5, 0.6) is 11.5 Å². The third kappa shape index (κ3) is 6.24. The van der Waals surface area contributed by atoms with E-state index in [1.54, 1.807) is 12.0 Å². The molecular weight excluding hydrogens is 438 g/mol. The number of ether oxygens (including phenoxy) is 2. The second kappa shape index (κ2) is 11.9. The Morgan fingerprint density at radius 2 is 1.89 bits per heavy atom. The smallest absolute Gasteiger partial charge is 0.254 e. The van der Waals surface area contributed by atoms with E-state index in [-0.39, 0.29) is 17.9 Å². The largest absolute Gasteiger partial charge is 0.496 e. The van der Waals surface area contributed by atoms with Crippen LogP contribution in [-0.4, -0.2) is 42.6 Å². The maximum atomic E-state index is 13.4. The molecule has 6 heteroatoms. The van der Waals surface area contributed by atoms with Gasteiger partial charge in [0.15, 0.2) is 0 Å². The number of aromatic nitrogens is 1. The van der Waals surface area contributed by atoms with Gasteiger partial charge in [0.1, 0.15) is 18.1 Å². The average Bonchev–Trinajstić information content (AvgIpc) is 2.83. The van der Waals surface area contributed by atoms with Crippen molar-refractivity contribution in [1.82, 2.24) is 9.88 Å². The number of amides is 1. The van der Waals surface area contributed by atoms with Gasteiger partial charge in [-0.1, -0.05) is 45.7 Å². The minimum absolute atomic E-state index is 0.0552. The summed E-state index contributed by atoms with van der Waals surface area (Å²) in [7, 11) is 3.49. The number of benzene rings is 2. The van der Waals surface area contributed by atoms with Crippen molar-refractivity contribution in [3.05, 3.63) is 59.3 Å². The predicted molar refractivity (Wildman–Crippen MR) is 143 cm³/mol. The van der Waals surface area contributed by atoms with Crippen LogP contribution in [0, 0.1) is 12.8 Å². The summed E-state index contributed by atoms with van der Waals surface area (Å²) in [5, 5.41) is 0.804. The first-order valence-electron chi connectivity index (χ1n) is 12.5. The lowest BCUT2D eigenvalue weighted by Gasteiger charge is -2.31. The molecule has 0 saturated carbocycles. The molecule has 2 aromatic carbocycles. The number of methoxy groups -OCH3 is 1. The molecule has 0 radical (unpaired) electrons. The SMILES string of the molecule is CCCCCc1ccc(C(=O)N(C)C(COc2cccc3nc(C)cc(N)c23)C(C)C)cc1OC. The highest BCUT2D eigenvalue weighted by atomic mass is 16.5. The lowest BCUT2D eigenvalue weighted by Crippen LogP contribution is -2.44. The maximum absolute atomic E-state index is 13.4. The molecule has 3 rings (SSSR count). The second-order valence-corrected chi connectivity index (χ2v) is 9.53. The van der Waals surface area contributed by atoms with Gasteiger partial charge in [0.2, 0.25) is 0 Å². The second-order valence-electron chi connectivity index (χ2n) is 9.53. The molecule has 6 nitrogen and oxygen atoms in total. The zero-order valence-corrected chi connectivity index (χ0v) is 21.9. The molecule has 35 heavy (non-hydrogen) atoms. The van der Waals surface area contributed by atoms with Crippen LogP contribution in [0.25, 0.3) is 10.9 Å². The van der Waals surface area contributed by atoms with E-state index in [0.29, 0.717) is 23.6 Å². The van der Waals surface area contributed by atoms with Gasteiger partial charge in [0, 0.05) is 24.0 Å². The van der Waals surface area contributed by atoms with Gasteiger partial charge in [-0.15, -0.1) is 0 Å². The number of hydrogen-bond acceptors (Lipinski definition) is 5. The molecule has 0 spiro atoms. The van der Waals surface area contributed by atoms with E-state index < -0.39 is 0 Å². The number of anilines is 1. The Bertz CT molecular complexity index is 1160. The van der Waals surface area contributed by atoms with E-state index in [1.165, 1.54) is 12.8 Å². The number of carbonyl (C=O) groups is 1. The van der Waals surface area contributed by atoms with Crippen LogP contribution >= 0.6 is 0 Å². The van der Waals surface area contributed by atoms with Crippen molar-refractivity contribution in [3.8, 4) is 11.5 Å². The highest BCUT2D eigenvalue weighted by Gasteiger charge is 2.26. The number of unbranched alkanes of at least 4 members (excludes halogenated alkanes) is 2. The lowest BCUT2D eigenvalue weighted by atomic mass is 10.0. The Hall–Kier alpha value is -3.28. The van der Waals surface area contributed by atoms with Gasteiger partial charge in [0.05, 0.1) is 24.1 Å². The lowest BCUT2D eigenvalue weighted by molar-refractivity contribution is 0.0613. The first-order valence-corrected chi connectivity index (χ1v) is 12.5. The molecule has 1 atom stereocenters. The molecule has 0 aliphatic rings. The molecule has 3 aromatic rings. The Labute approximate surface area is 209 Å². The van der Waals surface area contributed by atoms with Crippen molar-refractivity contribution in [1.29, 1.82) is 0 Å². The molecule has 0 aliphatic carbocycles. The number of pyridine rings is 1. The Morgan fingerprint density at radius 3 is 2.57 bits per heavy atom. The number of nitrogen functional groups attached to an aromatic ring is 1. The summed E-state index contributed by atoms with van der Waals surface area (Å²) in [6.45, 7) is 8.65. The van der Waals surface area contributed by atoms with Crippen LogP contribution in [-0.2, 0) is 6.42 Å². The first-order chi connectivity index (χ1) is 16.8. The summed E-state index contributed by atoms with van der Waals surface area (Å²) in [5.41, 5.74) is 10.3. The van der Waals surface area contributed by atoms with Crippen LogP contribution in [0.4, 0.5) is 5.69 Å². The zero-order valence-electron chi connectivity index (χ0n) is 21.9. The van der Waals surface area contributed by atoms with E-state index in [4.69, 9.17) is 15.2 Å². The summed E-state index contributed by atoms with van der Waals surface area (Å²) in [6.07, 6.45) is 4.41. The van der Waals surface area contributed by atoms with Crippen LogP contribution in [0.2, 0.25) is 0 Å². The molecule has 1 heterocycles. The summed E-state index contributed by atoms with van der Waals surface area (Å²) < 4.78 is 11.9. The molecule has 1 unspecified atom stereocenters. The van der Waals surface area contributed by atoms with Crippen molar-refractivity contribution in [2.45, 2.75) is 59.4 Å². The number of rotatable bonds is 11. The van der Waals surface area contributed by atoms with Gasteiger partial charge < -0.3 is 20.1 Å². The van der Waals surface area contributed by atoms with E-state index in [9.17, 15) is 4.79 Å². The third-order valence-corrected chi connectivity index (χ3v) is 6.53. The molecule has 2 N–H and O–H groups in total. The van der Waals surface area contributed by atoms with Crippen molar-refractivity contribution >= 4 is 22.5 Å². The fraction of sp³-hybridized carbons (Fsp3) is 0.448. The fourth-order valence-corrected chi connectivity index (χ4v) is 4.47. The highest BCUT2D eigenvalue weighted by molar-refractivity contribution is 5.96. The van der Waals surface area contributed by atoms with Crippen LogP contribution in [0.15, 0.2) is 42.5 Å². The van der Waals surface area contributed by atoms with Gasteiger partial charge in [-0.05, 0) is 61.6 Å². The van der Waals surface area contributed by atoms with Crippen LogP contribution < -0.4 is 15.2 Å². The molecule has 0 bridgehead atoms. The number of carbonyl (C=O) groups excluding carboxylic acids is 1. The maximum Gasteiger partial charge on any atom is 0.254 e. The minimum atomic E-state index is -0.132. The summed E-state index contributed by atoms with van der Waals surface area (Å²) in [4.78, 5) is 19.8. The number of nitrogens with zero attached hydrogens (tertiary/aromatic N) is 2. The summed E-state index contributed by atoms with van der Waals surface area (Å²) >= 11 is 0. The number of likely N-dealkylation sites (N-methyl/N-ethyl adjacent to an activating group) is 1. The molecule has 1 amide bonds. The third-order valence-electron chi connectivity index (χ3n) is 6.53. The van der Waals surface area contributed by atoms with E-state index in [1.807, 2.05) is 56.4 Å². The standard InChI is InChI=1S/C29H39N3O3/c1-7-8-9-11-21-14-15-22(17-27(21)34-6)29(33)32(5)25(19(2)3)18-35-26-13-10-12-24-28(26)23(30)16-20(4)31-24/h10,12-17,19,25H,7-9,11,18H2,1-6H3,(H2,30,31). The molecule has 1 aromatic heterocycles. The van der Waals surface area contributed by atoms with E-state index >= 15 is 0 Å². The topological polar surface area (TPSA) is 77.7 Å². The van der Waals surface area contributed by atoms with Gasteiger partial charge in [-0.2, -0.15) is 0 Å². The molecule has 0 saturated heterocycles. The summed E-state index contributed by atoms with van der Waals surface area (Å²) in [6, 6.07) is 13.2. The monoisotopic (exact) mass is 477 g/mol. The van der Waals surface area contributed by atoms with Gasteiger partial charge in [-0.3, -0.25) is 9.78 Å². The number of aryl methyl sites for hydroxylation is 2. The quantitative estimate of drug-likeness (QED) is 0.341. The van der Waals surface area contributed by atoms with Gasteiger partial charge in [-0.25, -0.2) is 0 Å². The van der Waals surface area contributed by atoms with Gasteiger partial charge in [0.25, 0.3) is 5.91 Å². The molecular formula is C29H39N3O3. The number of nitrogens with two attached hydrogens (primary N) is 1. The van der Waals surface area contributed by atoms with Crippen molar-refractivity contribution in [3.63, 3.8) is 0 Å². The van der Waals surface area contributed by atoms with Crippen molar-refractivity contribution in [2.75, 3.05) is 26.5 Å². The van der Waals surface area contributed by atoms with Crippen LogP contribution in [0.1, 0.15) is 61.6 Å². The Balaban J connectivity index is 1.78. The Kier molecular flexibility index (Phi) is 8.96. The fourth-order valence-electron chi connectivity index (χ4n) is 4.47. The van der Waals surface area contributed by atoms with E-state index in [0.717, 1.165) is 40.8 Å². The highest BCUT2D eigenvalue weighted by Crippen LogP contribution is 2.31. The minimum Gasteiger partial charge on any atom is -0.496 e. The van der Waals surface area contributed by atoms with Gasteiger partial charge >= 0.3 is 0 Å². The number of fused-ring (bicyclic) bond motifs is 1. The summed E-state index contributed by atoms with van der Waals surface area (Å²) in [5.74, 6) is 1.58. The first kappa shape index (κ1) is 26.3. The van der Waals surface area contributed by atoms with E-state index in [2.05, 4.69) is 25.8 Å². The predicted octanol–water partition coefficient (Wildman–Crippen LogP) is 6.04. The molecule has 0 fully saturated rings. The zero-order chi connectivity index (χ0) is 25.5. The van der Waals surface area contributed by atoms with Crippen molar-refractivity contribution < 1.29 is 14.3 Å². The normalized spacial score (nSPS) is 12.1. The molecule has 188 valence electrons. The average molecular weight is 478 g/mol.